The van der Waals surface area contributed by atoms with Crippen LogP contribution in [-0.4, -0.2) is 78.4 Å². The van der Waals surface area contributed by atoms with Gasteiger partial charge < -0.3 is 29.3 Å². The van der Waals surface area contributed by atoms with Crippen molar-refractivity contribution in [1.29, 1.82) is 0 Å². The summed E-state index contributed by atoms with van der Waals surface area (Å²) in [6.45, 7) is 2.44. The van der Waals surface area contributed by atoms with E-state index in [1.165, 1.54) is 0 Å². The highest BCUT2D eigenvalue weighted by atomic mass is 16.5. The molecular formula is C29H45NO7. The molecule has 1 aliphatic carbocycles. The minimum atomic E-state index is -1.26. The topological polar surface area (TPSA) is 124 Å². The van der Waals surface area contributed by atoms with Crippen molar-refractivity contribution in [2.45, 2.75) is 76.6 Å². The number of quaternary nitrogens is 1. The van der Waals surface area contributed by atoms with Crippen molar-refractivity contribution in [2.24, 2.45) is 11.8 Å². The number of likely N-dealkylation sites (N-methyl/N-ethyl adjacent to an activating group) is 1. The molecule has 0 saturated heterocycles. The molecule has 5 atom stereocenters. The van der Waals surface area contributed by atoms with Gasteiger partial charge in [0.1, 0.15) is 12.3 Å². The molecule has 8 heteroatoms. The van der Waals surface area contributed by atoms with E-state index in [1.54, 1.807) is 24.3 Å². The number of Topliss-reactive ketones (excluding diaryl/α,β-unsaturated/α-hetero) is 1. The van der Waals surface area contributed by atoms with Crippen LogP contribution in [0.1, 0.15) is 58.3 Å². The van der Waals surface area contributed by atoms with Gasteiger partial charge >= 0.3 is 5.97 Å². The zero-order chi connectivity index (χ0) is 27.8. The number of carbonyl (C=O) groups is 3. The average Bonchev–Trinajstić information content (AvgIpc) is 3.04. The van der Waals surface area contributed by atoms with E-state index in [1.807, 2.05) is 33.3 Å². The standard InChI is InChI=1S/C29H45NO7/c1-5-6-7-8-9-12-15-24-25(27(33)20-26(24)32)18-17-22(31)14-11-10-13-16-29(36)37-23(19-28(34)35)21-30(2,3)4/h6-7,9-12,17-18,22-25,27,31,33H,5,8,13-16,19-21H2,1-4H3/b7-6-,11-10+,12-9+,18-17+. The van der Waals surface area contributed by atoms with E-state index in [4.69, 9.17) is 4.74 Å². The fourth-order valence-electron chi connectivity index (χ4n) is 4.28. The normalized spacial score (nSPS) is 22.5. The largest absolute Gasteiger partial charge is 0.550 e. The number of rotatable bonds is 17. The molecule has 208 valence electrons. The number of aliphatic carboxylic acids is 1. The maximum absolute atomic E-state index is 12.3. The Morgan fingerprint density at radius 1 is 1.14 bits per heavy atom. The average molecular weight is 520 g/mol. The molecule has 37 heavy (non-hydrogen) atoms. The molecule has 5 unspecified atom stereocenters. The van der Waals surface area contributed by atoms with Gasteiger partial charge in [0.15, 0.2) is 6.10 Å². The first-order valence-electron chi connectivity index (χ1n) is 13.1. The molecule has 1 aliphatic rings. The molecule has 8 nitrogen and oxygen atoms in total. The second kappa shape index (κ2) is 17.1. The van der Waals surface area contributed by atoms with Gasteiger partial charge in [0.05, 0.1) is 33.4 Å². The third-order valence-corrected chi connectivity index (χ3v) is 6.02. The summed E-state index contributed by atoms with van der Waals surface area (Å²) in [6.07, 6.45) is 15.8. The highest BCUT2D eigenvalue weighted by Gasteiger charge is 2.39. The van der Waals surface area contributed by atoms with Gasteiger partial charge in [-0.05, 0) is 32.1 Å². The van der Waals surface area contributed by atoms with Crippen LogP contribution < -0.4 is 5.11 Å². The van der Waals surface area contributed by atoms with Crippen molar-refractivity contribution in [3.05, 3.63) is 48.6 Å². The number of carbonyl (C=O) groups excluding carboxylic acids is 3. The Kier molecular flexibility index (Phi) is 15.0. The van der Waals surface area contributed by atoms with Crippen LogP contribution in [0.3, 0.4) is 0 Å². The van der Waals surface area contributed by atoms with Crippen LogP contribution in [0.4, 0.5) is 0 Å². The van der Waals surface area contributed by atoms with Gasteiger partial charge in [-0.2, -0.15) is 0 Å². The zero-order valence-electron chi connectivity index (χ0n) is 22.8. The molecule has 1 rings (SSSR count). The Balaban J connectivity index is 2.47. The molecule has 0 amide bonds. The number of aliphatic hydroxyl groups excluding tert-OH is 2. The first-order chi connectivity index (χ1) is 17.4. The SMILES string of the molecule is CC/C=C\C/C=C/CC1C(=O)CC(O)C1/C=C/C(O)C/C=C/CCC(=O)OC(CC(=O)[O-])C[N+](C)(C)C. The summed E-state index contributed by atoms with van der Waals surface area (Å²) in [6, 6.07) is 0. The van der Waals surface area contributed by atoms with Crippen LogP contribution in [0.25, 0.3) is 0 Å². The van der Waals surface area contributed by atoms with Crippen LogP contribution in [0.15, 0.2) is 48.6 Å². The smallest absolute Gasteiger partial charge is 0.306 e. The molecule has 0 aromatic heterocycles. The van der Waals surface area contributed by atoms with E-state index in [9.17, 15) is 29.7 Å². The lowest BCUT2D eigenvalue weighted by atomic mass is 9.90. The molecule has 1 saturated carbocycles. The summed E-state index contributed by atoms with van der Waals surface area (Å²) in [5.74, 6) is -2.31. The first kappa shape index (κ1) is 32.5. The van der Waals surface area contributed by atoms with Gasteiger partial charge in [-0.3, -0.25) is 9.59 Å². The molecule has 0 aliphatic heterocycles. The molecule has 0 aromatic carbocycles. The van der Waals surface area contributed by atoms with E-state index in [0.717, 1.165) is 12.8 Å². The number of esters is 1. The monoisotopic (exact) mass is 519 g/mol. The van der Waals surface area contributed by atoms with Crippen LogP contribution >= 0.6 is 0 Å². The van der Waals surface area contributed by atoms with Gasteiger partial charge in [0.25, 0.3) is 0 Å². The van der Waals surface area contributed by atoms with Crippen molar-refractivity contribution >= 4 is 17.7 Å². The predicted molar refractivity (Wildman–Crippen MR) is 141 cm³/mol. The van der Waals surface area contributed by atoms with E-state index in [-0.39, 0.29) is 36.9 Å². The van der Waals surface area contributed by atoms with Crippen molar-refractivity contribution in [1.82, 2.24) is 0 Å². The van der Waals surface area contributed by atoms with Gasteiger partial charge in [-0.25, -0.2) is 0 Å². The third-order valence-electron chi connectivity index (χ3n) is 6.02. The molecule has 0 radical (unpaired) electrons. The quantitative estimate of drug-likeness (QED) is 0.172. The third kappa shape index (κ3) is 14.7. The van der Waals surface area contributed by atoms with E-state index < -0.39 is 30.3 Å². The maximum Gasteiger partial charge on any atom is 0.306 e. The molecule has 2 N–H and O–H groups in total. The molecule has 0 aromatic rings. The number of carboxylic acids is 1. The Bertz CT molecular complexity index is 838. The Hall–Kier alpha value is -2.55. The van der Waals surface area contributed by atoms with Crippen molar-refractivity contribution in [3.8, 4) is 0 Å². The van der Waals surface area contributed by atoms with Crippen LogP contribution in [0, 0.1) is 11.8 Å². The fourth-order valence-corrected chi connectivity index (χ4v) is 4.28. The summed E-state index contributed by atoms with van der Waals surface area (Å²) < 4.78 is 5.77. The predicted octanol–water partition coefficient (Wildman–Crippen LogP) is 2.26. The number of hydrogen-bond donors (Lipinski definition) is 2. The maximum atomic E-state index is 12.3. The van der Waals surface area contributed by atoms with E-state index >= 15 is 0 Å². The highest BCUT2D eigenvalue weighted by molar-refractivity contribution is 5.84. The van der Waals surface area contributed by atoms with Crippen molar-refractivity contribution in [2.75, 3.05) is 27.7 Å². The van der Waals surface area contributed by atoms with Crippen molar-refractivity contribution < 1.29 is 38.9 Å². The van der Waals surface area contributed by atoms with E-state index in [2.05, 4.69) is 19.1 Å². The number of nitrogens with zero attached hydrogens (tertiary/aromatic N) is 1. The second-order valence-corrected chi connectivity index (χ2v) is 10.6. The van der Waals surface area contributed by atoms with Crippen LogP contribution in [0.5, 0.6) is 0 Å². The van der Waals surface area contributed by atoms with Gasteiger partial charge in [-0.1, -0.05) is 55.5 Å². The number of carboxylic acid groups (broad SMARTS) is 1. The molecule has 0 heterocycles. The number of hydrogen-bond acceptors (Lipinski definition) is 7. The molecular weight excluding hydrogens is 474 g/mol. The number of allylic oxidation sites excluding steroid dienone is 5. The fraction of sp³-hybridized carbons (Fsp3) is 0.621. The number of ketones is 1. The van der Waals surface area contributed by atoms with Crippen molar-refractivity contribution in [3.63, 3.8) is 0 Å². The van der Waals surface area contributed by atoms with Gasteiger partial charge in [0.2, 0.25) is 0 Å². The van der Waals surface area contributed by atoms with E-state index in [0.29, 0.717) is 30.3 Å². The van der Waals surface area contributed by atoms with Gasteiger partial charge in [0, 0.05) is 37.1 Å². The summed E-state index contributed by atoms with van der Waals surface area (Å²) in [4.78, 5) is 35.3. The minimum absolute atomic E-state index is 0.0421. The molecule has 1 fully saturated rings. The molecule has 0 spiro atoms. The van der Waals surface area contributed by atoms with Crippen LogP contribution in [-0.2, 0) is 19.1 Å². The Labute approximate surface area is 221 Å². The lowest BCUT2D eigenvalue weighted by Gasteiger charge is -2.29. The lowest BCUT2D eigenvalue weighted by Crippen LogP contribution is -2.45. The second-order valence-electron chi connectivity index (χ2n) is 10.6. The summed E-state index contributed by atoms with van der Waals surface area (Å²) in [5.41, 5.74) is 0. The zero-order valence-corrected chi connectivity index (χ0v) is 22.8. The summed E-state index contributed by atoms with van der Waals surface area (Å²) in [7, 11) is 5.65. The summed E-state index contributed by atoms with van der Waals surface area (Å²) in [5, 5.41) is 31.5. The first-order valence-corrected chi connectivity index (χ1v) is 13.1. The summed E-state index contributed by atoms with van der Waals surface area (Å²) >= 11 is 0. The molecule has 0 bridgehead atoms. The van der Waals surface area contributed by atoms with Gasteiger partial charge in [-0.15, -0.1) is 0 Å². The van der Waals surface area contributed by atoms with Crippen LogP contribution in [0.2, 0.25) is 0 Å². The highest BCUT2D eigenvalue weighted by Crippen LogP contribution is 2.33. The Morgan fingerprint density at radius 2 is 1.84 bits per heavy atom. The minimum Gasteiger partial charge on any atom is -0.550 e. The number of aliphatic hydroxyl groups is 2. The Morgan fingerprint density at radius 3 is 2.49 bits per heavy atom. The number of ether oxygens (including phenoxy) is 1. The lowest BCUT2D eigenvalue weighted by molar-refractivity contribution is -0.873.